The van der Waals surface area contributed by atoms with E-state index in [-0.39, 0.29) is 0 Å². The normalized spacial score (nSPS) is 15.4. The van der Waals surface area contributed by atoms with Gasteiger partial charge in [-0.05, 0) is 84.9 Å². The number of hydrogen-bond acceptors (Lipinski definition) is 5. The molecule has 2 atom stereocenters. The highest BCUT2D eigenvalue weighted by molar-refractivity contribution is 6.31. The zero-order valence-electron chi connectivity index (χ0n) is 25.0. The first-order valence-corrected chi connectivity index (χ1v) is 16.0. The van der Waals surface area contributed by atoms with E-state index in [2.05, 4.69) is 11.8 Å². The molecule has 0 radical (unpaired) electrons. The van der Waals surface area contributed by atoms with Gasteiger partial charge in [0.2, 0.25) is 5.88 Å². The SMILES string of the molecule is CCC(=C/c1oc2ccc(Cl)cc2c1CCC(O)c1ccccc1)/C=C1\Oc2ccc(Cl)cc2N1CCC(O)c1ccccc1. The molecule has 6 rings (SSSR count). The van der Waals surface area contributed by atoms with Crippen LogP contribution in [0.2, 0.25) is 10.0 Å². The summed E-state index contributed by atoms with van der Waals surface area (Å²) in [7, 11) is 0. The molecule has 2 heterocycles. The van der Waals surface area contributed by atoms with Gasteiger partial charge < -0.3 is 24.3 Å². The third-order valence-electron chi connectivity index (χ3n) is 8.17. The summed E-state index contributed by atoms with van der Waals surface area (Å²) in [4.78, 5) is 2.06. The summed E-state index contributed by atoms with van der Waals surface area (Å²) in [5.74, 6) is 2.09. The van der Waals surface area contributed by atoms with Crippen LogP contribution in [0, 0.1) is 0 Å². The topological polar surface area (TPSA) is 66.1 Å². The second-order valence-corrected chi connectivity index (χ2v) is 12.1. The number of furan rings is 1. The Morgan fingerprint density at radius 2 is 1.47 bits per heavy atom. The third kappa shape index (κ3) is 7.13. The third-order valence-corrected chi connectivity index (χ3v) is 8.64. The van der Waals surface area contributed by atoms with Crippen molar-refractivity contribution in [2.75, 3.05) is 11.4 Å². The van der Waals surface area contributed by atoms with Crippen LogP contribution in [-0.2, 0) is 6.42 Å². The molecule has 230 valence electrons. The number of hydrogen-bond donors (Lipinski definition) is 2. The summed E-state index contributed by atoms with van der Waals surface area (Å²) in [6.45, 7) is 2.61. The number of rotatable bonds is 11. The summed E-state index contributed by atoms with van der Waals surface area (Å²) in [6, 6.07) is 30.6. The smallest absolute Gasteiger partial charge is 0.200 e. The van der Waals surface area contributed by atoms with E-state index in [4.69, 9.17) is 32.4 Å². The Morgan fingerprint density at radius 1 is 0.822 bits per heavy atom. The predicted molar refractivity (Wildman–Crippen MR) is 183 cm³/mol. The van der Waals surface area contributed by atoms with Crippen LogP contribution in [0.15, 0.2) is 119 Å². The number of aryl methyl sites for hydroxylation is 1. The number of benzene rings is 4. The molecule has 0 bridgehead atoms. The van der Waals surface area contributed by atoms with E-state index in [0.717, 1.165) is 44.7 Å². The molecule has 2 N–H and O–H groups in total. The number of fused-ring (bicyclic) bond motifs is 2. The van der Waals surface area contributed by atoms with Gasteiger partial charge in [0.25, 0.3) is 0 Å². The lowest BCUT2D eigenvalue weighted by atomic mass is 9.98. The van der Waals surface area contributed by atoms with Gasteiger partial charge in [-0.2, -0.15) is 0 Å². The average Bonchev–Trinajstić information content (AvgIpc) is 3.58. The summed E-state index contributed by atoms with van der Waals surface area (Å²) in [5.41, 5.74) is 5.35. The van der Waals surface area contributed by atoms with Crippen molar-refractivity contribution in [2.24, 2.45) is 0 Å². The van der Waals surface area contributed by atoms with Gasteiger partial charge in [0.05, 0.1) is 17.9 Å². The van der Waals surface area contributed by atoms with Gasteiger partial charge in [-0.25, -0.2) is 0 Å². The van der Waals surface area contributed by atoms with Crippen LogP contribution < -0.4 is 9.64 Å². The lowest BCUT2D eigenvalue weighted by molar-refractivity contribution is 0.168. The molecular weight excluding hydrogens is 605 g/mol. The van der Waals surface area contributed by atoms with E-state index in [1.165, 1.54) is 0 Å². The van der Waals surface area contributed by atoms with Crippen molar-refractivity contribution >= 4 is 45.9 Å². The number of nitrogens with zero attached hydrogens (tertiary/aromatic N) is 1. The van der Waals surface area contributed by atoms with Crippen LogP contribution in [0.3, 0.4) is 0 Å². The minimum Gasteiger partial charge on any atom is -0.456 e. The van der Waals surface area contributed by atoms with Crippen LogP contribution in [-0.4, -0.2) is 16.8 Å². The molecule has 4 aromatic carbocycles. The van der Waals surface area contributed by atoms with E-state index in [0.29, 0.717) is 53.9 Å². The molecule has 0 saturated heterocycles. The van der Waals surface area contributed by atoms with E-state index in [9.17, 15) is 10.2 Å². The monoisotopic (exact) mass is 639 g/mol. The second-order valence-electron chi connectivity index (χ2n) is 11.2. The van der Waals surface area contributed by atoms with E-state index in [1.54, 1.807) is 0 Å². The maximum absolute atomic E-state index is 10.9. The first-order chi connectivity index (χ1) is 21.9. The number of allylic oxidation sites excluding steroid dienone is 2. The van der Waals surface area contributed by atoms with E-state index >= 15 is 0 Å². The highest BCUT2D eigenvalue weighted by Crippen LogP contribution is 2.42. The van der Waals surface area contributed by atoms with Gasteiger partial charge in [0.15, 0.2) is 5.75 Å². The number of aliphatic hydroxyl groups excluding tert-OH is 2. The van der Waals surface area contributed by atoms with Gasteiger partial charge in [-0.1, -0.05) is 90.8 Å². The Morgan fingerprint density at radius 3 is 2.16 bits per heavy atom. The Hall–Kier alpha value is -4.00. The first kappa shape index (κ1) is 31.0. The van der Waals surface area contributed by atoms with Crippen molar-refractivity contribution in [3.63, 3.8) is 0 Å². The van der Waals surface area contributed by atoms with Crippen molar-refractivity contribution in [2.45, 2.75) is 44.8 Å². The lowest BCUT2D eigenvalue weighted by Gasteiger charge is -2.21. The van der Waals surface area contributed by atoms with Crippen molar-refractivity contribution < 1.29 is 19.4 Å². The predicted octanol–water partition coefficient (Wildman–Crippen LogP) is 10.1. The van der Waals surface area contributed by atoms with Crippen LogP contribution in [0.4, 0.5) is 5.69 Å². The van der Waals surface area contributed by atoms with Gasteiger partial charge in [0, 0.05) is 33.6 Å². The molecule has 0 amide bonds. The van der Waals surface area contributed by atoms with Crippen molar-refractivity contribution in [3.05, 3.63) is 147 Å². The quantitative estimate of drug-likeness (QED) is 0.150. The number of ether oxygens (including phenoxy) is 1. The molecule has 0 saturated carbocycles. The second kappa shape index (κ2) is 14.0. The molecule has 5 aromatic rings. The molecule has 1 aliphatic rings. The van der Waals surface area contributed by atoms with Crippen molar-refractivity contribution in [1.29, 1.82) is 0 Å². The van der Waals surface area contributed by atoms with Gasteiger partial charge >= 0.3 is 0 Å². The van der Waals surface area contributed by atoms with Gasteiger partial charge in [-0.15, -0.1) is 0 Å². The Labute approximate surface area is 273 Å². The van der Waals surface area contributed by atoms with E-state index < -0.39 is 12.2 Å². The highest BCUT2D eigenvalue weighted by atomic mass is 35.5. The first-order valence-electron chi connectivity index (χ1n) is 15.2. The highest BCUT2D eigenvalue weighted by Gasteiger charge is 2.27. The number of anilines is 1. The van der Waals surface area contributed by atoms with Gasteiger partial charge in [-0.3, -0.25) is 0 Å². The van der Waals surface area contributed by atoms with Gasteiger partial charge in [0.1, 0.15) is 11.3 Å². The molecule has 7 heteroatoms. The average molecular weight is 641 g/mol. The largest absolute Gasteiger partial charge is 0.456 e. The molecule has 5 nitrogen and oxygen atoms in total. The van der Waals surface area contributed by atoms with Crippen molar-refractivity contribution in [1.82, 2.24) is 0 Å². The lowest BCUT2D eigenvalue weighted by Crippen LogP contribution is -2.23. The summed E-state index contributed by atoms with van der Waals surface area (Å²) in [5, 5.41) is 24.0. The molecule has 0 aliphatic carbocycles. The maximum atomic E-state index is 10.9. The Balaban J connectivity index is 1.31. The fourth-order valence-electron chi connectivity index (χ4n) is 5.72. The molecular formula is C38H35Cl2NO4. The molecule has 2 unspecified atom stereocenters. The van der Waals surface area contributed by atoms with Crippen molar-refractivity contribution in [3.8, 4) is 5.75 Å². The minimum atomic E-state index is -0.618. The molecule has 1 aliphatic heterocycles. The summed E-state index contributed by atoms with van der Waals surface area (Å²) >= 11 is 12.8. The molecule has 0 spiro atoms. The molecule has 0 fully saturated rings. The summed E-state index contributed by atoms with van der Waals surface area (Å²) in [6.07, 6.45) is 5.20. The fraction of sp³-hybridized carbons (Fsp3) is 0.211. The minimum absolute atomic E-state index is 0.500. The van der Waals surface area contributed by atoms with Crippen LogP contribution >= 0.6 is 23.2 Å². The Bertz CT molecular complexity index is 1830. The van der Waals surface area contributed by atoms with Crippen LogP contribution in [0.5, 0.6) is 5.75 Å². The fourth-order valence-corrected chi connectivity index (χ4v) is 6.05. The van der Waals surface area contributed by atoms with Crippen LogP contribution in [0.1, 0.15) is 60.8 Å². The van der Waals surface area contributed by atoms with E-state index in [1.807, 2.05) is 109 Å². The maximum Gasteiger partial charge on any atom is 0.200 e. The Kier molecular flexibility index (Phi) is 9.62. The van der Waals surface area contributed by atoms with Crippen LogP contribution in [0.25, 0.3) is 17.0 Å². The number of halogens is 2. The zero-order chi connectivity index (χ0) is 31.3. The summed E-state index contributed by atoms with van der Waals surface area (Å²) < 4.78 is 12.7. The molecule has 45 heavy (non-hydrogen) atoms. The molecule has 1 aromatic heterocycles. The zero-order valence-corrected chi connectivity index (χ0v) is 26.5. The number of aliphatic hydroxyl groups is 2. The standard InChI is InChI=1S/C38H35Cl2NO4/c1-2-25(21-37-30(31-23-28(39)13-17-35(31)44-37)15-16-33(42)26-9-5-3-6-10-26)22-38-41(32-24-29(40)14-18-36(32)45-38)20-19-34(43)27-11-7-4-8-12-27/h3-14,17-18,21-24,33-34,42-43H,2,15-16,19-20H2,1H3/b25-21-,38-22-.